The largest absolute Gasteiger partial charge is 0.493 e. The Morgan fingerprint density at radius 2 is 1.78 bits per heavy atom. The van der Waals surface area contributed by atoms with Crippen molar-refractivity contribution in [1.29, 1.82) is 0 Å². The molecule has 1 aromatic carbocycles. The zero-order valence-corrected chi connectivity index (χ0v) is 15.0. The summed E-state index contributed by atoms with van der Waals surface area (Å²) in [5, 5.41) is 0. The smallest absolute Gasteiger partial charge is 0.162 e. The third-order valence-electron chi connectivity index (χ3n) is 4.91. The molecule has 0 amide bonds. The van der Waals surface area contributed by atoms with Gasteiger partial charge in [-0.2, -0.15) is 0 Å². The number of nitrogens with zero attached hydrogens (tertiary/aromatic N) is 2. The van der Waals surface area contributed by atoms with Gasteiger partial charge in [-0.1, -0.05) is 0 Å². The molecule has 5 nitrogen and oxygen atoms in total. The molecular weight excluding hydrogens is 290 g/mol. The molecular formula is C18H31N3O2. The number of hydrogen-bond acceptors (Lipinski definition) is 5. The van der Waals surface area contributed by atoms with Gasteiger partial charge in [0, 0.05) is 17.8 Å². The minimum Gasteiger partial charge on any atom is -0.493 e. The van der Waals surface area contributed by atoms with Crippen molar-refractivity contribution in [1.82, 2.24) is 9.80 Å². The predicted molar refractivity (Wildman–Crippen MR) is 95.4 cm³/mol. The van der Waals surface area contributed by atoms with Crippen LogP contribution < -0.4 is 15.2 Å². The van der Waals surface area contributed by atoms with Crippen molar-refractivity contribution in [3.63, 3.8) is 0 Å². The Kier molecular flexibility index (Phi) is 6.54. The Morgan fingerprint density at radius 3 is 2.39 bits per heavy atom. The molecule has 0 spiro atoms. The van der Waals surface area contributed by atoms with Gasteiger partial charge in [-0.05, 0) is 71.0 Å². The predicted octanol–water partition coefficient (Wildman–Crippen LogP) is 2.24. The molecule has 0 aromatic heterocycles. The molecule has 130 valence electrons. The average Bonchev–Trinajstić information content (AvgIpc) is 2.56. The van der Waals surface area contributed by atoms with Crippen LogP contribution in [0, 0.1) is 0 Å². The molecule has 0 aliphatic carbocycles. The van der Waals surface area contributed by atoms with Crippen LogP contribution in [-0.4, -0.2) is 63.8 Å². The third kappa shape index (κ3) is 4.75. The first kappa shape index (κ1) is 17.9. The van der Waals surface area contributed by atoms with E-state index in [4.69, 9.17) is 15.2 Å². The number of methoxy groups -OCH3 is 2. The maximum atomic E-state index is 6.14. The average molecular weight is 321 g/mol. The number of nitrogens with two attached hydrogens (primary N) is 1. The highest BCUT2D eigenvalue weighted by molar-refractivity contribution is 5.58. The van der Waals surface area contributed by atoms with E-state index in [0.717, 1.165) is 36.4 Å². The molecule has 1 aromatic rings. The molecule has 1 aliphatic heterocycles. The van der Waals surface area contributed by atoms with Crippen LogP contribution in [-0.2, 0) is 6.42 Å². The first-order valence-electron chi connectivity index (χ1n) is 8.44. The van der Waals surface area contributed by atoms with Gasteiger partial charge in [-0.3, -0.25) is 0 Å². The number of rotatable bonds is 7. The van der Waals surface area contributed by atoms with E-state index in [9.17, 15) is 0 Å². The Bertz CT molecular complexity index is 499. The standard InChI is InChI=1S/C18H31N3O2/c1-20-10-7-15(8-11-20)21(2)9-5-6-14-12-17(22-3)18(23-4)13-16(14)19/h12-13,15H,5-11,19H2,1-4H3. The van der Waals surface area contributed by atoms with E-state index in [1.54, 1.807) is 14.2 Å². The van der Waals surface area contributed by atoms with Crippen LogP contribution in [0.2, 0.25) is 0 Å². The maximum absolute atomic E-state index is 6.14. The second-order valence-corrected chi connectivity index (χ2v) is 6.52. The van der Waals surface area contributed by atoms with E-state index in [2.05, 4.69) is 23.9 Å². The summed E-state index contributed by atoms with van der Waals surface area (Å²) >= 11 is 0. The lowest BCUT2D eigenvalue weighted by atomic mass is 10.0. The molecule has 0 radical (unpaired) electrons. The first-order valence-corrected chi connectivity index (χ1v) is 8.44. The number of hydrogen-bond donors (Lipinski definition) is 1. The number of likely N-dealkylation sites (tertiary alicyclic amines) is 1. The van der Waals surface area contributed by atoms with E-state index in [1.807, 2.05) is 12.1 Å². The van der Waals surface area contributed by atoms with Crippen molar-refractivity contribution in [2.75, 3.05) is 53.7 Å². The quantitative estimate of drug-likeness (QED) is 0.781. The Balaban J connectivity index is 1.86. The first-order chi connectivity index (χ1) is 11.0. The molecule has 1 saturated heterocycles. The maximum Gasteiger partial charge on any atom is 0.162 e. The lowest BCUT2D eigenvalue weighted by molar-refractivity contribution is 0.143. The van der Waals surface area contributed by atoms with Crippen LogP contribution in [0.3, 0.4) is 0 Å². The van der Waals surface area contributed by atoms with Gasteiger partial charge in [0.1, 0.15) is 0 Å². The van der Waals surface area contributed by atoms with Crippen molar-refractivity contribution in [3.05, 3.63) is 17.7 Å². The molecule has 2 rings (SSSR count). The van der Waals surface area contributed by atoms with Crippen molar-refractivity contribution in [2.45, 2.75) is 31.7 Å². The summed E-state index contributed by atoms with van der Waals surface area (Å²) in [6.45, 7) is 3.51. The fourth-order valence-electron chi connectivity index (χ4n) is 3.29. The minimum absolute atomic E-state index is 0.692. The van der Waals surface area contributed by atoms with Crippen LogP contribution in [0.15, 0.2) is 12.1 Å². The number of piperidine rings is 1. The van der Waals surface area contributed by atoms with Gasteiger partial charge in [0.25, 0.3) is 0 Å². The summed E-state index contributed by atoms with van der Waals surface area (Å²) in [4.78, 5) is 4.92. The molecule has 5 heteroatoms. The van der Waals surface area contributed by atoms with Crippen LogP contribution in [0.1, 0.15) is 24.8 Å². The Hall–Kier alpha value is -1.46. The topological polar surface area (TPSA) is 51.0 Å². The minimum atomic E-state index is 0.692. The monoisotopic (exact) mass is 321 g/mol. The summed E-state index contributed by atoms with van der Waals surface area (Å²) in [6.07, 6.45) is 4.60. The van der Waals surface area contributed by atoms with Gasteiger partial charge in [0.15, 0.2) is 11.5 Å². The van der Waals surface area contributed by atoms with Gasteiger partial charge in [-0.25, -0.2) is 0 Å². The summed E-state index contributed by atoms with van der Waals surface area (Å²) < 4.78 is 10.7. The zero-order valence-electron chi connectivity index (χ0n) is 15.0. The van der Waals surface area contributed by atoms with Gasteiger partial charge < -0.3 is 25.0 Å². The SMILES string of the molecule is COc1cc(N)c(CCCN(C)C2CCN(C)CC2)cc1OC. The Morgan fingerprint density at radius 1 is 1.17 bits per heavy atom. The van der Waals surface area contributed by atoms with Crippen molar-refractivity contribution >= 4 is 5.69 Å². The van der Waals surface area contributed by atoms with Gasteiger partial charge in [0.05, 0.1) is 14.2 Å². The van der Waals surface area contributed by atoms with Gasteiger partial charge in [0.2, 0.25) is 0 Å². The summed E-state index contributed by atoms with van der Waals surface area (Å²) in [5.74, 6) is 1.44. The summed E-state index contributed by atoms with van der Waals surface area (Å²) in [5.41, 5.74) is 8.06. The summed E-state index contributed by atoms with van der Waals surface area (Å²) in [7, 11) is 7.74. The van der Waals surface area contributed by atoms with Crippen LogP contribution in [0.5, 0.6) is 11.5 Å². The van der Waals surface area contributed by atoms with E-state index < -0.39 is 0 Å². The summed E-state index contributed by atoms with van der Waals surface area (Å²) in [6, 6.07) is 4.58. The van der Waals surface area contributed by atoms with Gasteiger partial charge in [-0.15, -0.1) is 0 Å². The molecule has 1 heterocycles. The highest BCUT2D eigenvalue weighted by Crippen LogP contribution is 2.32. The molecule has 2 N–H and O–H groups in total. The molecule has 0 saturated carbocycles. The van der Waals surface area contributed by atoms with E-state index in [1.165, 1.54) is 25.9 Å². The molecule has 0 bridgehead atoms. The number of anilines is 1. The number of aryl methyl sites for hydroxylation is 1. The highest BCUT2D eigenvalue weighted by Gasteiger charge is 2.20. The third-order valence-corrected chi connectivity index (χ3v) is 4.91. The second kappa shape index (κ2) is 8.41. The lowest BCUT2D eigenvalue weighted by Gasteiger charge is -2.35. The van der Waals surface area contributed by atoms with E-state index in [-0.39, 0.29) is 0 Å². The molecule has 0 atom stereocenters. The normalized spacial score (nSPS) is 16.7. The Labute approximate surface area is 140 Å². The fourth-order valence-corrected chi connectivity index (χ4v) is 3.29. The number of benzene rings is 1. The van der Waals surface area contributed by atoms with E-state index in [0.29, 0.717) is 11.8 Å². The van der Waals surface area contributed by atoms with Crippen LogP contribution in [0.25, 0.3) is 0 Å². The highest BCUT2D eigenvalue weighted by atomic mass is 16.5. The van der Waals surface area contributed by atoms with Crippen LogP contribution >= 0.6 is 0 Å². The molecule has 23 heavy (non-hydrogen) atoms. The number of ether oxygens (including phenoxy) is 2. The van der Waals surface area contributed by atoms with E-state index >= 15 is 0 Å². The number of nitrogen functional groups attached to an aromatic ring is 1. The lowest BCUT2D eigenvalue weighted by Crippen LogP contribution is -2.42. The fraction of sp³-hybridized carbons (Fsp3) is 0.667. The van der Waals surface area contributed by atoms with Crippen molar-refractivity contribution in [3.8, 4) is 11.5 Å². The van der Waals surface area contributed by atoms with Gasteiger partial charge >= 0.3 is 0 Å². The van der Waals surface area contributed by atoms with Crippen molar-refractivity contribution < 1.29 is 9.47 Å². The van der Waals surface area contributed by atoms with Crippen LogP contribution in [0.4, 0.5) is 5.69 Å². The molecule has 1 aliphatic rings. The van der Waals surface area contributed by atoms with Crippen molar-refractivity contribution in [2.24, 2.45) is 0 Å². The zero-order chi connectivity index (χ0) is 16.8. The molecule has 0 unspecified atom stereocenters. The second-order valence-electron chi connectivity index (χ2n) is 6.52. The molecule has 1 fully saturated rings.